The SMILES string of the molecule is Cc1onc(-c2c(F)cccc2Cl)c1C(=O)OC1CCCC1. The van der Waals surface area contributed by atoms with Crippen molar-refractivity contribution in [3.63, 3.8) is 0 Å². The minimum atomic E-state index is -0.560. The van der Waals surface area contributed by atoms with Gasteiger partial charge in [-0.3, -0.25) is 0 Å². The monoisotopic (exact) mass is 323 g/mol. The Morgan fingerprint density at radius 2 is 2.14 bits per heavy atom. The first-order chi connectivity index (χ1) is 10.6. The van der Waals surface area contributed by atoms with Crippen LogP contribution in [0.2, 0.25) is 5.02 Å². The van der Waals surface area contributed by atoms with Crippen LogP contribution in [0.25, 0.3) is 11.3 Å². The molecule has 3 rings (SSSR count). The number of hydrogen-bond donors (Lipinski definition) is 0. The molecule has 0 aliphatic heterocycles. The largest absolute Gasteiger partial charge is 0.459 e. The standard InChI is InChI=1S/C16H15ClFNO3/c1-9-13(16(20)21-10-5-2-3-6-10)15(19-22-9)14-11(17)7-4-8-12(14)18/h4,7-8,10H,2-3,5-6H2,1H3. The average molecular weight is 324 g/mol. The molecule has 6 heteroatoms. The van der Waals surface area contributed by atoms with Crippen molar-refractivity contribution in [1.29, 1.82) is 0 Å². The van der Waals surface area contributed by atoms with Crippen molar-refractivity contribution in [2.24, 2.45) is 0 Å². The molecule has 0 amide bonds. The normalized spacial score (nSPS) is 15.2. The van der Waals surface area contributed by atoms with E-state index in [1.54, 1.807) is 6.92 Å². The van der Waals surface area contributed by atoms with Crippen LogP contribution in [0, 0.1) is 12.7 Å². The van der Waals surface area contributed by atoms with Crippen LogP contribution < -0.4 is 0 Å². The third kappa shape index (κ3) is 2.73. The Morgan fingerprint density at radius 3 is 2.82 bits per heavy atom. The third-order valence-corrected chi connectivity index (χ3v) is 4.16. The molecule has 0 saturated heterocycles. The van der Waals surface area contributed by atoms with E-state index >= 15 is 0 Å². The van der Waals surface area contributed by atoms with Crippen LogP contribution in [-0.2, 0) is 4.74 Å². The molecular formula is C16H15ClFNO3. The number of aromatic nitrogens is 1. The molecule has 22 heavy (non-hydrogen) atoms. The molecule has 0 unspecified atom stereocenters. The highest BCUT2D eigenvalue weighted by Gasteiger charge is 2.29. The third-order valence-electron chi connectivity index (χ3n) is 3.84. The van der Waals surface area contributed by atoms with Gasteiger partial charge in [0.1, 0.15) is 28.9 Å². The molecule has 1 heterocycles. The van der Waals surface area contributed by atoms with Crippen molar-refractivity contribution in [1.82, 2.24) is 5.16 Å². The molecule has 1 aromatic carbocycles. The predicted molar refractivity (Wildman–Crippen MR) is 79.3 cm³/mol. The molecule has 1 saturated carbocycles. The van der Waals surface area contributed by atoms with Crippen LogP contribution in [-0.4, -0.2) is 17.2 Å². The van der Waals surface area contributed by atoms with E-state index in [1.165, 1.54) is 18.2 Å². The highest BCUT2D eigenvalue weighted by atomic mass is 35.5. The average Bonchev–Trinajstić information content (AvgIpc) is 3.09. The van der Waals surface area contributed by atoms with Crippen LogP contribution in [0.4, 0.5) is 4.39 Å². The van der Waals surface area contributed by atoms with Gasteiger partial charge in [-0.1, -0.05) is 22.8 Å². The van der Waals surface area contributed by atoms with E-state index in [-0.39, 0.29) is 33.7 Å². The summed E-state index contributed by atoms with van der Waals surface area (Å²) in [5.74, 6) is -0.812. The molecule has 1 aromatic heterocycles. The van der Waals surface area contributed by atoms with E-state index in [0.29, 0.717) is 0 Å². The first-order valence-corrected chi connectivity index (χ1v) is 7.57. The molecule has 0 spiro atoms. The summed E-state index contributed by atoms with van der Waals surface area (Å²) in [6.45, 7) is 1.59. The minimum absolute atomic E-state index is 0.0550. The summed E-state index contributed by atoms with van der Waals surface area (Å²) in [7, 11) is 0. The number of nitrogens with zero attached hydrogens (tertiary/aromatic N) is 1. The van der Waals surface area contributed by atoms with Gasteiger partial charge in [0.25, 0.3) is 0 Å². The number of rotatable bonds is 3. The lowest BCUT2D eigenvalue weighted by atomic mass is 10.1. The topological polar surface area (TPSA) is 52.3 Å². The van der Waals surface area contributed by atoms with Crippen molar-refractivity contribution in [3.05, 3.63) is 40.4 Å². The van der Waals surface area contributed by atoms with E-state index in [1.807, 2.05) is 0 Å². The maximum absolute atomic E-state index is 14.1. The zero-order valence-corrected chi connectivity index (χ0v) is 12.8. The van der Waals surface area contributed by atoms with Crippen LogP contribution >= 0.6 is 11.6 Å². The summed E-state index contributed by atoms with van der Waals surface area (Å²) in [6.07, 6.45) is 3.71. The Bertz CT molecular complexity index is 687. The van der Waals surface area contributed by atoms with Crippen molar-refractivity contribution >= 4 is 17.6 Å². The quantitative estimate of drug-likeness (QED) is 0.778. The highest BCUT2D eigenvalue weighted by molar-refractivity contribution is 6.33. The Balaban J connectivity index is 1.98. The second kappa shape index (κ2) is 6.08. The lowest BCUT2D eigenvalue weighted by molar-refractivity contribution is 0.0317. The first kappa shape index (κ1) is 15.0. The Hall–Kier alpha value is -1.88. The molecule has 116 valence electrons. The lowest BCUT2D eigenvalue weighted by Gasteiger charge is -2.11. The van der Waals surface area contributed by atoms with Crippen molar-refractivity contribution in [2.75, 3.05) is 0 Å². The van der Waals surface area contributed by atoms with Gasteiger partial charge < -0.3 is 9.26 Å². The second-order valence-corrected chi connectivity index (χ2v) is 5.78. The Labute approximate surface area is 132 Å². The van der Waals surface area contributed by atoms with E-state index in [4.69, 9.17) is 20.9 Å². The summed E-state index contributed by atoms with van der Waals surface area (Å²) in [4.78, 5) is 12.4. The molecule has 1 aliphatic rings. The molecule has 4 nitrogen and oxygen atoms in total. The van der Waals surface area contributed by atoms with Gasteiger partial charge in [0, 0.05) is 0 Å². The number of esters is 1. The van der Waals surface area contributed by atoms with Gasteiger partial charge in [0.05, 0.1) is 10.6 Å². The number of carbonyl (C=O) groups excluding carboxylic acids is 1. The Morgan fingerprint density at radius 1 is 1.41 bits per heavy atom. The molecule has 0 N–H and O–H groups in total. The van der Waals surface area contributed by atoms with E-state index in [0.717, 1.165) is 25.7 Å². The molecule has 1 fully saturated rings. The van der Waals surface area contributed by atoms with Crippen molar-refractivity contribution in [2.45, 2.75) is 38.7 Å². The molecular weight excluding hydrogens is 309 g/mol. The minimum Gasteiger partial charge on any atom is -0.459 e. The van der Waals surface area contributed by atoms with Crippen LogP contribution in [0.15, 0.2) is 22.7 Å². The summed E-state index contributed by atoms with van der Waals surface area (Å²) in [6, 6.07) is 4.29. The molecule has 1 aliphatic carbocycles. The number of halogens is 2. The fourth-order valence-electron chi connectivity index (χ4n) is 2.72. The van der Waals surface area contributed by atoms with Gasteiger partial charge in [-0.2, -0.15) is 0 Å². The molecule has 0 bridgehead atoms. The van der Waals surface area contributed by atoms with Gasteiger partial charge in [-0.25, -0.2) is 9.18 Å². The van der Waals surface area contributed by atoms with E-state index in [9.17, 15) is 9.18 Å². The van der Waals surface area contributed by atoms with Crippen LogP contribution in [0.1, 0.15) is 41.8 Å². The summed E-state index contributed by atoms with van der Waals surface area (Å²) in [5, 5.41) is 3.97. The Kier molecular flexibility index (Phi) is 4.16. The summed E-state index contributed by atoms with van der Waals surface area (Å²) >= 11 is 6.05. The zero-order valence-electron chi connectivity index (χ0n) is 12.1. The van der Waals surface area contributed by atoms with Gasteiger partial charge in [-0.05, 0) is 44.7 Å². The fourth-order valence-corrected chi connectivity index (χ4v) is 2.98. The smallest absolute Gasteiger partial charge is 0.344 e. The van der Waals surface area contributed by atoms with Gasteiger partial charge >= 0.3 is 5.97 Å². The maximum Gasteiger partial charge on any atom is 0.344 e. The number of benzene rings is 1. The number of carbonyl (C=O) groups is 1. The number of aryl methyl sites for hydroxylation is 1. The van der Waals surface area contributed by atoms with Crippen molar-refractivity contribution < 1.29 is 18.4 Å². The number of ether oxygens (including phenoxy) is 1. The lowest BCUT2D eigenvalue weighted by Crippen LogP contribution is -2.16. The first-order valence-electron chi connectivity index (χ1n) is 7.19. The molecule has 0 radical (unpaired) electrons. The summed E-state index contributed by atoms with van der Waals surface area (Å²) in [5.41, 5.74) is 0.280. The molecule has 0 atom stereocenters. The highest BCUT2D eigenvalue weighted by Crippen LogP contribution is 2.34. The number of hydrogen-bond acceptors (Lipinski definition) is 4. The fraction of sp³-hybridized carbons (Fsp3) is 0.375. The van der Waals surface area contributed by atoms with Gasteiger partial charge in [0.2, 0.25) is 0 Å². The summed E-state index contributed by atoms with van der Waals surface area (Å²) < 4.78 is 24.6. The van der Waals surface area contributed by atoms with E-state index in [2.05, 4.69) is 5.16 Å². The maximum atomic E-state index is 14.1. The molecule has 2 aromatic rings. The zero-order chi connectivity index (χ0) is 15.7. The second-order valence-electron chi connectivity index (χ2n) is 5.37. The van der Waals surface area contributed by atoms with Gasteiger partial charge in [-0.15, -0.1) is 0 Å². The van der Waals surface area contributed by atoms with Crippen LogP contribution in [0.3, 0.4) is 0 Å². The predicted octanol–water partition coefficient (Wildman–Crippen LogP) is 4.54. The van der Waals surface area contributed by atoms with E-state index < -0.39 is 11.8 Å². The van der Waals surface area contributed by atoms with Gasteiger partial charge in [0.15, 0.2) is 0 Å². The van der Waals surface area contributed by atoms with Crippen LogP contribution in [0.5, 0.6) is 0 Å². The van der Waals surface area contributed by atoms with Crippen molar-refractivity contribution in [3.8, 4) is 11.3 Å².